The van der Waals surface area contributed by atoms with Crippen LogP contribution < -0.4 is 4.74 Å². The number of aliphatic carboxylic acids is 1. The third-order valence-electron chi connectivity index (χ3n) is 4.76. The number of carboxylic acid groups (broad SMARTS) is 1. The predicted octanol–water partition coefficient (Wildman–Crippen LogP) is 4.49. The topological polar surface area (TPSA) is 49.8 Å². The van der Waals surface area contributed by atoms with Gasteiger partial charge in [-0.1, -0.05) is 46.6 Å². The zero-order valence-corrected chi connectivity index (χ0v) is 15.8. The lowest BCUT2D eigenvalue weighted by Crippen LogP contribution is -2.46. The Morgan fingerprint density at radius 1 is 1.20 bits per heavy atom. The molecule has 2 atom stereocenters. The molecule has 4 nitrogen and oxygen atoms in total. The maximum absolute atomic E-state index is 11.8. The van der Waals surface area contributed by atoms with Gasteiger partial charge in [0.2, 0.25) is 0 Å². The maximum Gasteiger partial charge on any atom is 0.320 e. The van der Waals surface area contributed by atoms with Crippen LogP contribution in [0.2, 0.25) is 0 Å². The molecule has 0 aliphatic carbocycles. The van der Waals surface area contributed by atoms with Crippen molar-refractivity contribution in [1.29, 1.82) is 0 Å². The van der Waals surface area contributed by atoms with Crippen LogP contribution in [0, 0.1) is 0 Å². The lowest BCUT2D eigenvalue weighted by Gasteiger charge is -2.39. The fourth-order valence-electron chi connectivity index (χ4n) is 3.56. The summed E-state index contributed by atoms with van der Waals surface area (Å²) in [7, 11) is 1.65. The Hall–Kier alpha value is -1.85. The van der Waals surface area contributed by atoms with Crippen LogP contribution >= 0.6 is 15.9 Å². The van der Waals surface area contributed by atoms with Crippen LogP contribution in [0.4, 0.5) is 0 Å². The Labute approximate surface area is 156 Å². The van der Waals surface area contributed by atoms with Crippen molar-refractivity contribution in [2.24, 2.45) is 0 Å². The first kappa shape index (κ1) is 18.0. The minimum atomic E-state index is -0.746. The van der Waals surface area contributed by atoms with Gasteiger partial charge in [-0.2, -0.15) is 0 Å². The summed E-state index contributed by atoms with van der Waals surface area (Å²) in [4.78, 5) is 14.0. The minimum absolute atomic E-state index is 0.107. The molecule has 2 aromatic carbocycles. The van der Waals surface area contributed by atoms with Gasteiger partial charge in [0.15, 0.2) is 0 Å². The minimum Gasteiger partial charge on any atom is -0.497 e. The Kier molecular flexibility index (Phi) is 5.76. The number of carbonyl (C=O) groups is 1. The number of carboxylic acids is 1. The number of methoxy groups -OCH3 is 1. The zero-order chi connectivity index (χ0) is 17.8. The van der Waals surface area contributed by atoms with Gasteiger partial charge in [0.05, 0.1) is 13.2 Å². The summed E-state index contributed by atoms with van der Waals surface area (Å²) < 4.78 is 6.39. The van der Waals surface area contributed by atoms with Crippen LogP contribution in [0.25, 0.3) is 0 Å². The Morgan fingerprint density at radius 2 is 1.96 bits per heavy atom. The van der Waals surface area contributed by atoms with Gasteiger partial charge in [-0.25, -0.2) is 0 Å². The number of nitrogens with zero attached hydrogens (tertiary/aromatic N) is 1. The molecule has 25 heavy (non-hydrogen) atoms. The molecule has 0 spiro atoms. The SMILES string of the molecule is COc1cccc(C(c2ccc(Br)cc2)N2CCCCC2C(=O)O)c1. The molecule has 1 N–H and O–H groups in total. The summed E-state index contributed by atoms with van der Waals surface area (Å²) in [6, 6.07) is 15.5. The summed E-state index contributed by atoms with van der Waals surface area (Å²) in [5.41, 5.74) is 2.14. The van der Waals surface area contributed by atoms with Gasteiger partial charge >= 0.3 is 5.97 Å². The molecule has 1 aliphatic heterocycles. The standard InChI is InChI=1S/C20H22BrNO3/c1-25-17-6-4-5-15(13-17)19(14-8-10-16(21)11-9-14)22-12-3-2-7-18(22)20(23)24/h4-6,8-11,13,18-19H,2-3,7,12H2,1H3,(H,23,24). The molecule has 2 unspecified atom stereocenters. The van der Waals surface area contributed by atoms with Gasteiger partial charge < -0.3 is 9.84 Å². The Balaban J connectivity index is 2.07. The summed E-state index contributed by atoms with van der Waals surface area (Å²) in [6.45, 7) is 0.773. The number of benzene rings is 2. The van der Waals surface area contributed by atoms with Gasteiger partial charge in [0.1, 0.15) is 11.8 Å². The number of hydrogen-bond acceptors (Lipinski definition) is 3. The molecule has 5 heteroatoms. The number of piperidine rings is 1. The molecule has 2 aromatic rings. The summed E-state index contributed by atoms with van der Waals surface area (Å²) in [6.07, 6.45) is 2.66. The fourth-order valence-corrected chi connectivity index (χ4v) is 3.82. The van der Waals surface area contributed by atoms with Gasteiger partial charge in [-0.3, -0.25) is 9.69 Å². The first-order valence-corrected chi connectivity index (χ1v) is 9.27. The van der Waals surface area contributed by atoms with Gasteiger partial charge in [0.25, 0.3) is 0 Å². The van der Waals surface area contributed by atoms with E-state index in [-0.39, 0.29) is 6.04 Å². The number of likely N-dealkylation sites (tertiary alicyclic amines) is 1. The monoisotopic (exact) mass is 403 g/mol. The van der Waals surface area contributed by atoms with Crippen molar-refractivity contribution < 1.29 is 14.6 Å². The maximum atomic E-state index is 11.8. The van der Waals surface area contributed by atoms with Crippen LogP contribution in [0.5, 0.6) is 5.75 Å². The molecule has 1 aliphatic rings. The van der Waals surface area contributed by atoms with Crippen LogP contribution in [0.3, 0.4) is 0 Å². The van der Waals surface area contributed by atoms with E-state index in [0.29, 0.717) is 6.42 Å². The van der Waals surface area contributed by atoms with E-state index in [2.05, 4.69) is 33.0 Å². The Bertz CT molecular complexity index is 732. The third-order valence-corrected chi connectivity index (χ3v) is 5.28. The fraction of sp³-hybridized carbons (Fsp3) is 0.350. The quantitative estimate of drug-likeness (QED) is 0.798. The highest BCUT2D eigenvalue weighted by atomic mass is 79.9. The number of hydrogen-bond donors (Lipinski definition) is 1. The highest BCUT2D eigenvalue weighted by molar-refractivity contribution is 9.10. The van der Waals surface area contributed by atoms with E-state index in [9.17, 15) is 9.90 Å². The zero-order valence-electron chi connectivity index (χ0n) is 14.2. The number of halogens is 1. The van der Waals surface area contributed by atoms with E-state index < -0.39 is 12.0 Å². The smallest absolute Gasteiger partial charge is 0.320 e. The molecule has 0 bridgehead atoms. The number of ether oxygens (including phenoxy) is 1. The average molecular weight is 404 g/mol. The van der Waals surface area contributed by atoms with E-state index in [1.165, 1.54) is 0 Å². The molecule has 3 rings (SSSR count). The van der Waals surface area contributed by atoms with Crippen molar-refractivity contribution in [3.8, 4) is 5.75 Å². The predicted molar refractivity (Wildman–Crippen MR) is 101 cm³/mol. The highest BCUT2D eigenvalue weighted by Crippen LogP contribution is 2.35. The molecule has 0 saturated carbocycles. The van der Waals surface area contributed by atoms with E-state index in [0.717, 1.165) is 40.7 Å². The second kappa shape index (κ2) is 8.02. The van der Waals surface area contributed by atoms with Crippen LogP contribution in [-0.4, -0.2) is 35.7 Å². The molecule has 0 aromatic heterocycles. The molecular weight excluding hydrogens is 382 g/mol. The molecule has 0 radical (unpaired) electrons. The van der Waals surface area contributed by atoms with E-state index in [4.69, 9.17) is 4.74 Å². The molecular formula is C20H22BrNO3. The molecule has 1 saturated heterocycles. The van der Waals surface area contributed by atoms with E-state index in [1.807, 2.05) is 36.4 Å². The largest absolute Gasteiger partial charge is 0.497 e. The second-order valence-electron chi connectivity index (χ2n) is 6.32. The van der Waals surface area contributed by atoms with Crippen molar-refractivity contribution in [3.63, 3.8) is 0 Å². The average Bonchev–Trinajstić information content (AvgIpc) is 2.64. The van der Waals surface area contributed by atoms with Gasteiger partial charge in [0, 0.05) is 4.47 Å². The molecule has 1 fully saturated rings. The van der Waals surface area contributed by atoms with Crippen molar-refractivity contribution in [3.05, 3.63) is 64.1 Å². The summed E-state index contributed by atoms with van der Waals surface area (Å²) in [5, 5.41) is 9.72. The van der Waals surface area contributed by atoms with Crippen molar-refractivity contribution >= 4 is 21.9 Å². The summed E-state index contributed by atoms with van der Waals surface area (Å²) in [5.74, 6) is 0.0354. The lowest BCUT2D eigenvalue weighted by molar-refractivity contribution is -0.145. The first-order chi connectivity index (χ1) is 12.1. The van der Waals surface area contributed by atoms with Crippen molar-refractivity contribution in [1.82, 2.24) is 4.90 Å². The third kappa shape index (κ3) is 4.05. The molecule has 0 amide bonds. The molecule has 132 valence electrons. The van der Waals surface area contributed by atoms with Gasteiger partial charge in [-0.05, 0) is 54.8 Å². The van der Waals surface area contributed by atoms with Crippen molar-refractivity contribution in [2.75, 3.05) is 13.7 Å². The van der Waals surface area contributed by atoms with Gasteiger partial charge in [-0.15, -0.1) is 0 Å². The molecule has 1 heterocycles. The normalized spacial score (nSPS) is 19.4. The van der Waals surface area contributed by atoms with Crippen LogP contribution in [-0.2, 0) is 4.79 Å². The van der Waals surface area contributed by atoms with E-state index in [1.54, 1.807) is 7.11 Å². The van der Waals surface area contributed by atoms with Crippen LogP contribution in [0.15, 0.2) is 53.0 Å². The van der Waals surface area contributed by atoms with Crippen LogP contribution in [0.1, 0.15) is 36.4 Å². The Morgan fingerprint density at radius 3 is 2.64 bits per heavy atom. The van der Waals surface area contributed by atoms with E-state index >= 15 is 0 Å². The number of rotatable bonds is 5. The first-order valence-electron chi connectivity index (χ1n) is 8.48. The lowest BCUT2D eigenvalue weighted by atomic mass is 9.91. The second-order valence-corrected chi connectivity index (χ2v) is 7.23. The van der Waals surface area contributed by atoms with Crippen molar-refractivity contribution in [2.45, 2.75) is 31.3 Å². The summed E-state index contributed by atoms with van der Waals surface area (Å²) >= 11 is 3.48. The highest BCUT2D eigenvalue weighted by Gasteiger charge is 2.35.